The number of ether oxygens (including phenoxy) is 1. The monoisotopic (exact) mass is 323 g/mol. The SMILES string of the molecule is CCC(O)([C@H](C)NC(=O)OCc1ccccc1)C(C)(C)C(=O)O. The Morgan fingerprint density at radius 3 is 2.30 bits per heavy atom. The fourth-order valence-electron chi connectivity index (χ4n) is 2.54. The lowest BCUT2D eigenvalue weighted by molar-refractivity contribution is -0.169. The molecule has 0 spiro atoms. The van der Waals surface area contributed by atoms with Crippen molar-refractivity contribution in [2.75, 3.05) is 0 Å². The minimum absolute atomic E-state index is 0.103. The number of hydrogen-bond acceptors (Lipinski definition) is 4. The molecule has 6 heteroatoms. The third-order valence-electron chi connectivity index (χ3n) is 4.42. The van der Waals surface area contributed by atoms with Gasteiger partial charge in [0.2, 0.25) is 0 Å². The number of carboxylic acids is 1. The molecule has 1 rings (SSSR count). The molecule has 0 radical (unpaired) electrons. The van der Waals surface area contributed by atoms with Crippen molar-refractivity contribution in [2.45, 2.75) is 52.4 Å². The van der Waals surface area contributed by atoms with Gasteiger partial charge in [0.1, 0.15) is 6.61 Å². The normalized spacial score (nSPS) is 15.3. The van der Waals surface area contributed by atoms with E-state index in [9.17, 15) is 19.8 Å². The zero-order chi connectivity index (χ0) is 17.7. The van der Waals surface area contributed by atoms with Crippen LogP contribution in [0.2, 0.25) is 0 Å². The number of carboxylic acid groups (broad SMARTS) is 1. The number of amides is 1. The molecule has 0 saturated heterocycles. The molecular weight excluding hydrogens is 298 g/mol. The number of rotatable bonds is 7. The summed E-state index contributed by atoms with van der Waals surface area (Å²) in [6.07, 6.45) is -0.527. The van der Waals surface area contributed by atoms with Gasteiger partial charge in [0, 0.05) is 0 Å². The molecule has 0 aliphatic heterocycles. The summed E-state index contributed by atoms with van der Waals surface area (Å²) in [5.41, 5.74) is -2.19. The molecule has 0 aliphatic rings. The Bertz CT molecular complexity index is 543. The second kappa shape index (κ2) is 7.46. The minimum Gasteiger partial charge on any atom is -0.481 e. The van der Waals surface area contributed by atoms with Crippen LogP contribution >= 0.6 is 0 Å². The van der Waals surface area contributed by atoms with Gasteiger partial charge < -0.3 is 20.3 Å². The van der Waals surface area contributed by atoms with Crippen molar-refractivity contribution in [3.63, 3.8) is 0 Å². The van der Waals surface area contributed by atoms with Crippen molar-refractivity contribution in [1.29, 1.82) is 0 Å². The van der Waals surface area contributed by atoms with Gasteiger partial charge in [0.15, 0.2) is 0 Å². The lowest BCUT2D eigenvalue weighted by atomic mass is 9.69. The molecule has 1 aromatic carbocycles. The molecule has 3 N–H and O–H groups in total. The van der Waals surface area contributed by atoms with Gasteiger partial charge in [0.05, 0.1) is 17.1 Å². The highest BCUT2D eigenvalue weighted by atomic mass is 16.5. The molecule has 0 fully saturated rings. The molecule has 0 saturated carbocycles. The summed E-state index contributed by atoms with van der Waals surface area (Å²) in [5.74, 6) is -1.13. The highest BCUT2D eigenvalue weighted by molar-refractivity contribution is 5.76. The second-order valence-electron chi connectivity index (χ2n) is 6.14. The van der Waals surface area contributed by atoms with Gasteiger partial charge in [-0.25, -0.2) is 4.79 Å². The quantitative estimate of drug-likeness (QED) is 0.716. The highest BCUT2D eigenvalue weighted by Crippen LogP contribution is 2.36. The van der Waals surface area contributed by atoms with Crippen LogP contribution in [0.4, 0.5) is 4.79 Å². The molecule has 1 aromatic rings. The second-order valence-corrected chi connectivity index (χ2v) is 6.14. The van der Waals surface area contributed by atoms with E-state index in [1.54, 1.807) is 13.8 Å². The van der Waals surface area contributed by atoms with Crippen LogP contribution in [-0.4, -0.2) is 33.9 Å². The number of alkyl carbamates (subject to hydrolysis) is 1. The smallest absolute Gasteiger partial charge is 0.407 e. The average Bonchev–Trinajstić information content (AvgIpc) is 2.52. The van der Waals surface area contributed by atoms with E-state index in [1.165, 1.54) is 13.8 Å². The topological polar surface area (TPSA) is 95.9 Å². The Kier molecular flexibility index (Phi) is 6.15. The van der Waals surface area contributed by atoms with E-state index in [2.05, 4.69) is 5.32 Å². The first-order valence-corrected chi connectivity index (χ1v) is 7.58. The van der Waals surface area contributed by atoms with Crippen molar-refractivity contribution in [2.24, 2.45) is 5.41 Å². The summed E-state index contributed by atoms with van der Waals surface area (Å²) in [5, 5.41) is 22.6. The van der Waals surface area contributed by atoms with Crippen molar-refractivity contribution >= 4 is 12.1 Å². The van der Waals surface area contributed by atoms with Gasteiger partial charge in [0.25, 0.3) is 0 Å². The van der Waals surface area contributed by atoms with Crippen LogP contribution in [0.5, 0.6) is 0 Å². The first-order valence-electron chi connectivity index (χ1n) is 7.58. The maximum absolute atomic E-state index is 11.9. The Labute approximate surface area is 136 Å². The van der Waals surface area contributed by atoms with E-state index in [-0.39, 0.29) is 13.0 Å². The maximum Gasteiger partial charge on any atom is 0.407 e. The van der Waals surface area contributed by atoms with Gasteiger partial charge >= 0.3 is 12.1 Å². The standard InChI is InChI=1S/C17H25NO5/c1-5-17(22,16(3,4)14(19)20)12(2)18-15(21)23-11-13-9-7-6-8-10-13/h6-10,12,22H,5,11H2,1-4H3,(H,18,21)(H,19,20)/t12-,17?/m0/s1. The molecular formula is C17H25NO5. The molecule has 2 atom stereocenters. The van der Waals surface area contributed by atoms with Crippen LogP contribution in [0, 0.1) is 5.41 Å². The van der Waals surface area contributed by atoms with Gasteiger partial charge in [-0.2, -0.15) is 0 Å². The first-order chi connectivity index (χ1) is 10.6. The van der Waals surface area contributed by atoms with Gasteiger partial charge in [-0.3, -0.25) is 4.79 Å². The van der Waals surface area contributed by atoms with Crippen LogP contribution in [-0.2, 0) is 16.1 Å². The Morgan fingerprint density at radius 1 is 1.26 bits per heavy atom. The Hall–Kier alpha value is -2.08. The maximum atomic E-state index is 11.9. The summed E-state index contributed by atoms with van der Waals surface area (Å²) in [6, 6.07) is 8.40. The van der Waals surface area contributed by atoms with E-state index >= 15 is 0 Å². The largest absolute Gasteiger partial charge is 0.481 e. The van der Waals surface area contributed by atoms with Crippen molar-refractivity contribution in [3.8, 4) is 0 Å². The highest BCUT2D eigenvalue weighted by Gasteiger charge is 2.51. The van der Waals surface area contributed by atoms with Gasteiger partial charge in [-0.15, -0.1) is 0 Å². The van der Waals surface area contributed by atoms with E-state index in [1.807, 2.05) is 30.3 Å². The first kappa shape index (κ1) is 19.0. The molecule has 1 amide bonds. The molecule has 0 bridgehead atoms. The lowest BCUT2D eigenvalue weighted by Gasteiger charge is -2.43. The molecule has 0 aromatic heterocycles. The predicted molar refractivity (Wildman–Crippen MR) is 85.9 cm³/mol. The molecule has 0 heterocycles. The number of hydrogen-bond donors (Lipinski definition) is 3. The number of nitrogens with one attached hydrogen (secondary N) is 1. The molecule has 128 valence electrons. The third kappa shape index (κ3) is 4.22. The number of carbonyl (C=O) groups excluding carboxylic acids is 1. The number of carbonyl (C=O) groups is 2. The van der Waals surface area contributed by atoms with E-state index < -0.39 is 29.1 Å². The average molecular weight is 323 g/mol. The van der Waals surface area contributed by atoms with Crippen molar-refractivity contribution in [1.82, 2.24) is 5.32 Å². The van der Waals surface area contributed by atoms with Gasteiger partial charge in [-0.05, 0) is 32.8 Å². The van der Waals surface area contributed by atoms with Crippen LogP contribution in [0.15, 0.2) is 30.3 Å². The summed E-state index contributed by atoms with van der Waals surface area (Å²) in [7, 11) is 0. The summed E-state index contributed by atoms with van der Waals surface area (Å²) in [4.78, 5) is 23.3. The number of benzene rings is 1. The van der Waals surface area contributed by atoms with Gasteiger partial charge in [-0.1, -0.05) is 37.3 Å². The molecule has 1 unspecified atom stereocenters. The Balaban J connectivity index is 2.70. The zero-order valence-electron chi connectivity index (χ0n) is 14.0. The predicted octanol–water partition coefficient (Wildman–Crippen LogP) is 2.55. The molecule has 6 nitrogen and oxygen atoms in total. The molecule has 0 aliphatic carbocycles. The van der Waals surface area contributed by atoms with Crippen LogP contribution in [0.1, 0.15) is 39.7 Å². The summed E-state index contributed by atoms with van der Waals surface area (Å²) in [6.45, 7) is 6.22. The summed E-state index contributed by atoms with van der Waals surface area (Å²) >= 11 is 0. The van der Waals surface area contributed by atoms with E-state index in [4.69, 9.17) is 4.74 Å². The number of aliphatic carboxylic acids is 1. The molecule has 23 heavy (non-hydrogen) atoms. The third-order valence-corrected chi connectivity index (χ3v) is 4.42. The van der Waals surface area contributed by atoms with Crippen molar-refractivity contribution in [3.05, 3.63) is 35.9 Å². The van der Waals surface area contributed by atoms with E-state index in [0.717, 1.165) is 5.56 Å². The lowest BCUT2D eigenvalue weighted by Crippen LogP contribution is -2.61. The van der Waals surface area contributed by atoms with Crippen LogP contribution in [0.3, 0.4) is 0 Å². The Morgan fingerprint density at radius 2 is 1.83 bits per heavy atom. The number of aliphatic hydroxyl groups is 1. The van der Waals surface area contributed by atoms with Crippen LogP contribution < -0.4 is 5.32 Å². The van der Waals surface area contributed by atoms with Crippen molar-refractivity contribution < 1.29 is 24.5 Å². The fraction of sp³-hybridized carbons (Fsp3) is 0.529. The zero-order valence-corrected chi connectivity index (χ0v) is 14.0. The fourth-order valence-corrected chi connectivity index (χ4v) is 2.54. The van der Waals surface area contributed by atoms with Crippen LogP contribution in [0.25, 0.3) is 0 Å². The van der Waals surface area contributed by atoms with E-state index in [0.29, 0.717) is 0 Å². The minimum atomic E-state index is -1.61. The summed E-state index contributed by atoms with van der Waals surface area (Å²) < 4.78 is 5.10.